The van der Waals surface area contributed by atoms with Crippen molar-refractivity contribution in [3.63, 3.8) is 0 Å². The summed E-state index contributed by atoms with van der Waals surface area (Å²) in [5.41, 5.74) is 2.69. The van der Waals surface area contributed by atoms with E-state index in [9.17, 15) is 4.79 Å². The molecule has 0 aliphatic carbocycles. The fraction of sp³-hybridized carbons (Fsp3) is 0.143. The summed E-state index contributed by atoms with van der Waals surface area (Å²) in [4.78, 5) is 11.1. The molecule has 0 saturated carbocycles. The lowest BCUT2D eigenvalue weighted by Gasteiger charge is -2.07. The van der Waals surface area contributed by atoms with E-state index in [4.69, 9.17) is 4.74 Å². The fourth-order valence-corrected chi connectivity index (χ4v) is 2.76. The summed E-state index contributed by atoms with van der Waals surface area (Å²) in [6.07, 6.45) is 1.29. The van der Waals surface area contributed by atoms with E-state index in [1.807, 2.05) is 60.7 Å². The summed E-state index contributed by atoms with van der Waals surface area (Å²) < 4.78 is 7.55. The quantitative estimate of drug-likeness (QED) is 0.519. The third-order valence-electron chi connectivity index (χ3n) is 4.18. The predicted molar refractivity (Wildman–Crippen MR) is 102 cm³/mol. The minimum Gasteiger partial charge on any atom is -0.438 e. The molecule has 0 aliphatic rings. The van der Waals surface area contributed by atoms with Gasteiger partial charge in [0.15, 0.2) is 11.5 Å². The summed E-state index contributed by atoms with van der Waals surface area (Å²) in [5, 5.41) is 12.9. The second kappa shape index (κ2) is 7.37. The van der Waals surface area contributed by atoms with Crippen molar-refractivity contribution in [2.24, 2.45) is 0 Å². The Morgan fingerprint density at radius 2 is 1.74 bits per heavy atom. The third kappa shape index (κ3) is 3.84. The van der Waals surface area contributed by atoms with E-state index in [0.717, 1.165) is 17.5 Å². The summed E-state index contributed by atoms with van der Waals surface area (Å²) >= 11 is 0. The summed E-state index contributed by atoms with van der Waals surface area (Å²) in [6, 6.07) is 21.1. The number of ether oxygens (including phenoxy) is 1. The highest BCUT2D eigenvalue weighted by Crippen LogP contribution is 2.23. The highest BCUT2D eigenvalue weighted by molar-refractivity contribution is 5.75. The van der Waals surface area contributed by atoms with Gasteiger partial charge in [-0.25, -0.2) is 0 Å². The SMILES string of the molecule is CC(=O)CCc1ccc(Oc2ccc3nnc(-c4ccccc4)n3n2)cc1. The second-order valence-electron chi connectivity index (χ2n) is 6.28. The van der Waals surface area contributed by atoms with Crippen molar-refractivity contribution >= 4 is 11.4 Å². The number of carbonyl (C=O) groups excluding carboxylic acids is 1. The van der Waals surface area contributed by atoms with Crippen molar-refractivity contribution in [1.29, 1.82) is 0 Å². The molecular weight excluding hydrogens is 340 g/mol. The molecule has 134 valence electrons. The van der Waals surface area contributed by atoms with E-state index in [0.29, 0.717) is 29.5 Å². The number of ketones is 1. The second-order valence-corrected chi connectivity index (χ2v) is 6.28. The Morgan fingerprint density at radius 1 is 0.963 bits per heavy atom. The maximum atomic E-state index is 11.1. The monoisotopic (exact) mass is 358 g/mol. The van der Waals surface area contributed by atoms with Gasteiger partial charge < -0.3 is 9.53 Å². The first kappa shape index (κ1) is 16.9. The largest absolute Gasteiger partial charge is 0.438 e. The number of rotatable bonds is 6. The van der Waals surface area contributed by atoms with Gasteiger partial charge in [-0.1, -0.05) is 42.5 Å². The Balaban J connectivity index is 1.56. The Hall–Kier alpha value is -3.54. The molecule has 0 aliphatic heterocycles. The molecule has 0 N–H and O–H groups in total. The first-order chi connectivity index (χ1) is 13.2. The van der Waals surface area contributed by atoms with Crippen LogP contribution in [-0.4, -0.2) is 25.6 Å². The van der Waals surface area contributed by atoms with Gasteiger partial charge in [0.25, 0.3) is 0 Å². The van der Waals surface area contributed by atoms with Crippen LogP contribution in [-0.2, 0) is 11.2 Å². The van der Waals surface area contributed by atoms with Crippen LogP contribution in [0.15, 0.2) is 66.7 Å². The summed E-state index contributed by atoms with van der Waals surface area (Å²) in [7, 11) is 0. The number of aryl methyl sites for hydroxylation is 1. The molecule has 0 amide bonds. The highest BCUT2D eigenvalue weighted by atomic mass is 16.5. The molecule has 4 rings (SSSR count). The van der Waals surface area contributed by atoms with Crippen molar-refractivity contribution in [3.8, 4) is 23.0 Å². The lowest BCUT2D eigenvalue weighted by Crippen LogP contribution is -1.98. The molecule has 27 heavy (non-hydrogen) atoms. The number of hydrogen-bond acceptors (Lipinski definition) is 5. The number of benzene rings is 2. The lowest BCUT2D eigenvalue weighted by molar-refractivity contribution is -0.116. The molecule has 0 fully saturated rings. The molecule has 6 nitrogen and oxygen atoms in total. The minimum absolute atomic E-state index is 0.191. The molecule has 0 spiro atoms. The smallest absolute Gasteiger partial charge is 0.237 e. The number of fused-ring (bicyclic) bond motifs is 1. The van der Waals surface area contributed by atoms with Crippen LogP contribution in [0.3, 0.4) is 0 Å². The average molecular weight is 358 g/mol. The third-order valence-corrected chi connectivity index (χ3v) is 4.18. The Labute approximate surface area is 156 Å². The van der Waals surface area contributed by atoms with Crippen LogP contribution in [0.1, 0.15) is 18.9 Å². The van der Waals surface area contributed by atoms with Crippen molar-refractivity contribution in [1.82, 2.24) is 19.8 Å². The van der Waals surface area contributed by atoms with Crippen molar-refractivity contribution in [3.05, 3.63) is 72.3 Å². The van der Waals surface area contributed by atoms with Crippen molar-refractivity contribution in [2.45, 2.75) is 19.8 Å². The number of Topliss-reactive ketones (excluding diaryl/α,β-unsaturated/α-hetero) is 1. The van der Waals surface area contributed by atoms with Crippen LogP contribution in [0.25, 0.3) is 17.0 Å². The normalized spacial score (nSPS) is 10.9. The van der Waals surface area contributed by atoms with Gasteiger partial charge in [-0.3, -0.25) is 0 Å². The first-order valence-electron chi connectivity index (χ1n) is 8.73. The molecule has 2 heterocycles. The van der Waals surface area contributed by atoms with E-state index in [1.165, 1.54) is 0 Å². The molecule has 2 aromatic heterocycles. The molecule has 0 radical (unpaired) electrons. The van der Waals surface area contributed by atoms with Crippen LogP contribution in [0.5, 0.6) is 11.6 Å². The molecule has 0 bridgehead atoms. The van der Waals surface area contributed by atoms with Crippen molar-refractivity contribution < 1.29 is 9.53 Å². The van der Waals surface area contributed by atoms with Gasteiger partial charge in [0.05, 0.1) is 0 Å². The van der Waals surface area contributed by atoms with Gasteiger partial charge in [-0.15, -0.1) is 15.3 Å². The van der Waals surface area contributed by atoms with Gasteiger partial charge in [-0.05, 0) is 37.1 Å². The van der Waals surface area contributed by atoms with Crippen molar-refractivity contribution in [2.75, 3.05) is 0 Å². The zero-order valence-corrected chi connectivity index (χ0v) is 14.9. The summed E-state index contributed by atoms with van der Waals surface area (Å²) in [6.45, 7) is 1.61. The van der Waals surface area contributed by atoms with E-state index in [2.05, 4.69) is 15.3 Å². The Bertz CT molecular complexity index is 1070. The molecule has 0 unspecified atom stereocenters. The fourth-order valence-electron chi connectivity index (χ4n) is 2.76. The van der Waals surface area contributed by atoms with E-state index in [1.54, 1.807) is 17.5 Å². The molecule has 0 atom stereocenters. The maximum absolute atomic E-state index is 11.1. The van der Waals surface area contributed by atoms with Crippen LogP contribution in [0.4, 0.5) is 0 Å². The zero-order chi connectivity index (χ0) is 18.6. The van der Waals surface area contributed by atoms with Gasteiger partial charge in [0, 0.05) is 18.1 Å². The Morgan fingerprint density at radius 3 is 2.48 bits per heavy atom. The number of nitrogens with zero attached hydrogens (tertiary/aromatic N) is 4. The van der Waals surface area contributed by atoms with Crippen LogP contribution >= 0.6 is 0 Å². The van der Waals surface area contributed by atoms with E-state index >= 15 is 0 Å². The van der Waals surface area contributed by atoms with Crippen LogP contribution in [0, 0.1) is 0 Å². The molecule has 0 saturated heterocycles. The number of aromatic nitrogens is 4. The van der Waals surface area contributed by atoms with E-state index in [-0.39, 0.29) is 5.78 Å². The van der Waals surface area contributed by atoms with Gasteiger partial charge in [-0.2, -0.15) is 4.52 Å². The minimum atomic E-state index is 0.191. The standard InChI is InChI=1S/C21H18N4O2/c1-15(26)7-8-16-9-11-18(12-10-16)27-20-14-13-19-22-23-21(25(19)24-20)17-5-3-2-4-6-17/h2-6,9-14H,7-8H2,1H3. The molecule has 2 aromatic carbocycles. The van der Waals surface area contributed by atoms with E-state index < -0.39 is 0 Å². The lowest BCUT2D eigenvalue weighted by atomic mass is 10.1. The summed E-state index contributed by atoms with van der Waals surface area (Å²) in [5.74, 6) is 1.99. The first-order valence-corrected chi connectivity index (χ1v) is 8.73. The zero-order valence-electron chi connectivity index (χ0n) is 14.9. The maximum Gasteiger partial charge on any atom is 0.237 e. The van der Waals surface area contributed by atoms with Gasteiger partial charge in [0.1, 0.15) is 11.5 Å². The Kier molecular flexibility index (Phi) is 4.61. The molecule has 4 aromatic rings. The van der Waals surface area contributed by atoms with Crippen LogP contribution in [0.2, 0.25) is 0 Å². The number of carbonyl (C=O) groups is 1. The highest BCUT2D eigenvalue weighted by Gasteiger charge is 2.10. The average Bonchev–Trinajstić information content (AvgIpc) is 3.11. The predicted octanol–water partition coefficient (Wildman–Crippen LogP) is 4.11. The van der Waals surface area contributed by atoms with Gasteiger partial charge in [0.2, 0.25) is 5.88 Å². The molecular formula is C21H18N4O2. The topological polar surface area (TPSA) is 69.4 Å². The van der Waals surface area contributed by atoms with Crippen LogP contribution < -0.4 is 4.74 Å². The molecule has 6 heteroatoms. The van der Waals surface area contributed by atoms with Gasteiger partial charge >= 0.3 is 0 Å². The number of hydrogen-bond donors (Lipinski definition) is 0.